The van der Waals surface area contributed by atoms with Gasteiger partial charge in [-0.1, -0.05) is 122 Å². The van der Waals surface area contributed by atoms with Crippen molar-refractivity contribution in [2.75, 3.05) is 36.0 Å². The van der Waals surface area contributed by atoms with Gasteiger partial charge in [-0.25, -0.2) is 4.79 Å². The molecule has 0 fully saturated rings. The van der Waals surface area contributed by atoms with Crippen LogP contribution < -0.4 is 9.80 Å². The summed E-state index contributed by atoms with van der Waals surface area (Å²) in [6.07, 6.45) is 16.3. The molecule has 2 aromatic carbocycles. The molecule has 0 aliphatic carbocycles. The Kier molecular flexibility index (Phi) is 19.4. The number of hydrogen-bond acceptors (Lipinski definition) is 3. The van der Waals surface area contributed by atoms with E-state index in [1.54, 1.807) is 0 Å². The zero-order valence-corrected chi connectivity index (χ0v) is 25.5. The van der Waals surface area contributed by atoms with E-state index >= 15 is 0 Å². The highest BCUT2D eigenvalue weighted by molar-refractivity contribution is 5.87. The highest BCUT2D eigenvalue weighted by atomic mass is 16.4. The van der Waals surface area contributed by atoms with Crippen molar-refractivity contribution in [3.05, 3.63) is 61.2 Å². The summed E-state index contributed by atoms with van der Waals surface area (Å²) >= 11 is 0. The van der Waals surface area contributed by atoms with Gasteiger partial charge in [0.05, 0.1) is 0 Å². The van der Waals surface area contributed by atoms with Gasteiger partial charge in [0.25, 0.3) is 0 Å². The van der Waals surface area contributed by atoms with Crippen LogP contribution in [0.4, 0.5) is 11.4 Å². The van der Waals surface area contributed by atoms with Crippen LogP contribution >= 0.6 is 0 Å². The first-order valence-corrected chi connectivity index (χ1v) is 15.6. The van der Waals surface area contributed by atoms with Crippen molar-refractivity contribution >= 4 is 17.3 Å². The maximum Gasteiger partial charge on any atom is 0.327 e. The van der Waals surface area contributed by atoms with Gasteiger partial charge >= 0.3 is 5.97 Å². The van der Waals surface area contributed by atoms with Gasteiger partial charge in [-0.05, 0) is 37.8 Å². The third-order valence-electron chi connectivity index (χ3n) is 7.08. The van der Waals surface area contributed by atoms with Crippen molar-refractivity contribution in [2.24, 2.45) is 0 Å². The van der Waals surface area contributed by atoms with E-state index in [9.17, 15) is 4.79 Å². The molecule has 0 spiro atoms. The average molecular weight is 537 g/mol. The zero-order valence-electron chi connectivity index (χ0n) is 25.5. The maximum atomic E-state index is 9.25. The summed E-state index contributed by atoms with van der Waals surface area (Å²) < 4.78 is 0. The summed E-state index contributed by atoms with van der Waals surface area (Å²) in [6.45, 7) is 16.8. The Morgan fingerprint density at radius 1 is 0.615 bits per heavy atom. The van der Waals surface area contributed by atoms with E-state index in [4.69, 9.17) is 5.11 Å². The van der Waals surface area contributed by atoms with Gasteiger partial charge in [0.1, 0.15) is 0 Å². The van der Waals surface area contributed by atoms with Gasteiger partial charge in [-0.15, -0.1) is 0 Å². The summed E-state index contributed by atoms with van der Waals surface area (Å²) in [5.41, 5.74) is 5.65. The molecule has 2 rings (SSSR count). The molecule has 0 saturated heterocycles. The van der Waals surface area contributed by atoms with Gasteiger partial charge in [-0.3, -0.25) is 0 Å². The minimum Gasteiger partial charge on any atom is -0.478 e. The Morgan fingerprint density at radius 3 is 1.15 bits per heavy atom. The molecule has 39 heavy (non-hydrogen) atoms. The number of aliphatic carboxylic acids is 1. The number of unbranched alkanes of at least 4 members (excludes halogenated alkanes) is 8. The van der Waals surface area contributed by atoms with E-state index in [2.05, 4.69) is 92.6 Å². The first-order chi connectivity index (χ1) is 19.0. The second-order valence-corrected chi connectivity index (χ2v) is 10.4. The molecule has 4 heteroatoms. The second-order valence-electron chi connectivity index (χ2n) is 10.4. The SMILES string of the molecule is C=CC(=O)O.CCCCCN(CCCCC)c1ccccc1-c1ccccc1N(CCCCC)CCCCC. The van der Waals surface area contributed by atoms with Crippen LogP contribution in [0.1, 0.15) is 105 Å². The van der Waals surface area contributed by atoms with E-state index in [0.717, 1.165) is 32.3 Å². The average Bonchev–Trinajstić information content (AvgIpc) is 2.96. The van der Waals surface area contributed by atoms with Gasteiger partial charge in [0, 0.05) is 54.8 Å². The molecule has 0 aliphatic rings. The van der Waals surface area contributed by atoms with Crippen molar-refractivity contribution in [3.63, 3.8) is 0 Å². The minimum atomic E-state index is -0.981. The van der Waals surface area contributed by atoms with Crippen molar-refractivity contribution in [1.29, 1.82) is 0 Å². The van der Waals surface area contributed by atoms with E-state index in [1.807, 2.05) is 0 Å². The van der Waals surface area contributed by atoms with Gasteiger partial charge in [-0.2, -0.15) is 0 Å². The quantitative estimate of drug-likeness (QED) is 0.135. The van der Waals surface area contributed by atoms with Crippen LogP contribution in [0, 0.1) is 0 Å². The maximum absolute atomic E-state index is 9.25. The summed E-state index contributed by atoms with van der Waals surface area (Å²) in [5.74, 6) is -0.981. The molecule has 218 valence electrons. The molecule has 0 aliphatic heterocycles. The molecule has 4 nitrogen and oxygen atoms in total. The largest absolute Gasteiger partial charge is 0.478 e. The van der Waals surface area contributed by atoms with Gasteiger partial charge in [0.2, 0.25) is 0 Å². The number of carboxylic acids is 1. The molecule has 2 aromatic rings. The molecule has 0 atom stereocenters. The monoisotopic (exact) mass is 536 g/mol. The third-order valence-corrected chi connectivity index (χ3v) is 7.08. The molecule has 1 N–H and O–H groups in total. The number of para-hydroxylation sites is 2. The Balaban J connectivity index is 0.00000139. The molecule has 0 heterocycles. The molecule has 0 radical (unpaired) electrons. The third kappa shape index (κ3) is 13.7. The lowest BCUT2D eigenvalue weighted by atomic mass is 9.99. The Morgan fingerprint density at radius 2 is 0.897 bits per heavy atom. The molecular weight excluding hydrogens is 480 g/mol. The van der Waals surface area contributed by atoms with Gasteiger partial charge in [0.15, 0.2) is 0 Å². The predicted molar refractivity (Wildman–Crippen MR) is 172 cm³/mol. The first-order valence-electron chi connectivity index (χ1n) is 15.6. The zero-order chi connectivity index (χ0) is 28.7. The van der Waals surface area contributed by atoms with Crippen molar-refractivity contribution in [2.45, 2.75) is 105 Å². The van der Waals surface area contributed by atoms with Crippen LogP contribution in [0.3, 0.4) is 0 Å². The van der Waals surface area contributed by atoms with E-state index in [1.165, 1.54) is 99.6 Å². The van der Waals surface area contributed by atoms with Crippen LogP contribution in [0.2, 0.25) is 0 Å². The van der Waals surface area contributed by atoms with Crippen LogP contribution in [0.25, 0.3) is 11.1 Å². The molecule has 0 saturated carbocycles. The van der Waals surface area contributed by atoms with Crippen molar-refractivity contribution < 1.29 is 9.90 Å². The highest BCUT2D eigenvalue weighted by Crippen LogP contribution is 2.38. The van der Waals surface area contributed by atoms with Crippen molar-refractivity contribution in [1.82, 2.24) is 0 Å². The number of nitrogens with zero attached hydrogens (tertiary/aromatic N) is 2. The van der Waals surface area contributed by atoms with Crippen LogP contribution in [-0.4, -0.2) is 37.3 Å². The lowest BCUT2D eigenvalue weighted by Crippen LogP contribution is -2.27. The molecule has 0 bridgehead atoms. The number of carboxylic acid groups (broad SMARTS) is 1. The summed E-state index contributed by atoms with van der Waals surface area (Å²) in [7, 11) is 0. The molecule has 0 aromatic heterocycles. The smallest absolute Gasteiger partial charge is 0.327 e. The Bertz CT molecular complexity index is 826. The lowest BCUT2D eigenvalue weighted by Gasteiger charge is -2.31. The number of benzene rings is 2. The summed E-state index contributed by atoms with van der Waals surface area (Å²) in [4.78, 5) is 14.6. The predicted octanol–water partition coefficient (Wildman–Crippen LogP) is 9.98. The fraction of sp³-hybridized carbons (Fsp3) is 0.571. The van der Waals surface area contributed by atoms with E-state index < -0.39 is 5.97 Å². The van der Waals surface area contributed by atoms with E-state index in [-0.39, 0.29) is 0 Å². The summed E-state index contributed by atoms with van der Waals surface area (Å²) in [5, 5.41) is 7.60. The topological polar surface area (TPSA) is 43.8 Å². The van der Waals surface area contributed by atoms with E-state index in [0.29, 0.717) is 0 Å². The fourth-order valence-electron chi connectivity index (χ4n) is 4.87. The highest BCUT2D eigenvalue weighted by Gasteiger charge is 2.17. The minimum absolute atomic E-state index is 0.833. The molecule has 0 unspecified atom stereocenters. The number of carbonyl (C=O) groups is 1. The van der Waals surface area contributed by atoms with Crippen LogP contribution in [0.5, 0.6) is 0 Å². The molecular formula is C35H56N2O2. The Labute approximate surface area is 240 Å². The first kappa shape index (κ1) is 34.3. The fourth-order valence-corrected chi connectivity index (χ4v) is 4.87. The van der Waals surface area contributed by atoms with Gasteiger partial charge < -0.3 is 14.9 Å². The second kappa shape index (κ2) is 22.1. The Hall–Kier alpha value is -2.75. The van der Waals surface area contributed by atoms with Crippen LogP contribution in [-0.2, 0) is 4.79 Å². The standard InChI is InChI=1S/C32H52N2.C3H4O2/c1-5-9-17-25-33(26-18-10-6-2)31-23-15-13-21-29(31)30-22-14-16-24-32(30)34(27-19-11-7-3)28-20-12-8-4;1-2-3(4)5/h13-16,21-24H,5-12,17-20,25-28H2,1-4H3;2H,1H2,(H,4,5). The summed E-state index contributed by atoms with van der Waals surface area (Å²) in [6, 6.07) is 18.4. The lowest BCUT2D eigenvalue weighted by molar-refractivity contribution is -0.131. The number of anilines is 2. The normalized spacial score (nSPS) is 10.5. The van der Waals surface area contributed by atoms with Crippen molar-refractivity contribution in [3.8, 4) is 11.1 Å². The van der Waals surface area contributed by atoms with Crippen LogP contribution in [0.15, 0.2) is 61.2 Å². The number of hydrogen-bond donors (Lipinski definition) is 1. The molecule has 0 amide bonds. The number of rotatable bonds is 20.